The molecular weight excluding hydrogens is 687 g/mol. The van der Waals surface area contributed by atoms with Gasteiger partial charge in [-0.2, -0.15) is 0 Å². The Kier molecular flexibility index (Phi) is 7.12. The van der Waals surface area contributed by atoms with Crippen molar-refractivity contribution in [2.24, 2.45) is 0 Å². The van der Waals surface area contributed by atoms with Gasteiger partial charge in [0.2, 0.25) is 0 Å². The zero-order chi connectivity index (χ0) is 37.5. The topological polar surface area (TPSA) is 4.93 Å². The van der Waals surface area contributed by atoms with Crippen LogP contribution in [-0.2, 0) is 0 Å². The number of rotatable bonds is 5. The highest BCUT2D eigenvalue weighted by molar-refractivity contribution is 6.22. The lowest BCUT2D eigenvalue weighted by Crippen LogP contribution is -2.26. The first-order valence-electron chi connectivity index (χ1n) is 20.1. The Morgan fingerprint density at radius 1 is 0.351 bits per heavy atom. The van der Waals surface area contributed by atoms with Crippen molar-refractivity contribution in [1.29, 1.82) is 0 Å². The summed E-state index contributed by atoms with van der Waals surface area (Å²) in [5.41, 5.74) is 18.8. The zero-order valence-electron chi connectivity index (χ0n) is 31.4. The van der Waals surface area contributed by atoms with Crippen molar-refractivity contribution in [2.75, 3.05) is 0 Å². The first kappa shape index (κ1) is 32.1. The van der Waals surface area contributed by atoms with Gasteiger partial charge < -0.3 is 4.57 Å². The van der Waals surface area contributed by atoms with Gasteiger partial charge in [0.25, 0.3) is 0 Å². The molecule has 0 unspecified atom stereocenters. The number of fused-ring (bicyclic) bond motifs is 8. The highest BCUT2D eigenvalue weighted by Gasteiger charge is 2.30. The minimum atomic E-state index is 1.09. The molecule has 0 aliphatic heterocycles. The van der Waals surface area contributed by atoms with Gasteiger partial charge in [0.1, 0.15) is 0 Å². The SMILES string of the molecule is C1=c2ccc3c(c2=CCC1)c1ccccc1n3-c1cccc(-c2ccc(-c3cc(-c4ccccc4)c4c(c3-c3ccccc3)-c3cccc5cccc-4c35)cc2)c1. The van der Waals surface area contributed by atoms with Crippen LogP contribution in [0, 0.1) is 0 Å². The molecule has 0 N–H and O–H groups in total. The molecule has 57 heavy (non-hydrogen) atoms. The molecule has 2 aliphatic rings. The van der Waals surface area contributed by atoms with E-state index < -0.39 is 0 Å². The molecule has 10 aromatic rings. The summed E-state index contributed by atoms with van der Waals surface area (Å²) < 4.78 is 2.45. The molecule has 1 aromatic heterocycles. The Bertz CT molecular complexity index is 3360. The Morgan fingerprint density at radius 3 is 1.79 bits per heavy atom. The summed E-state index contributed by atoms with van der Waals surface area (Å²) in [5, 5.41) is 8.01. The fourth-order valence-electron chi connectivity index (χ4n) is 9.88. The van der Waals surface area contributed by atoms with E-state index in [2.05, 4.69) is 205 Å². The average molecular weight is 724 g/mol. The Balaban J connectivity index is 1.04. The van der Waals surface area contributed by atoms with Gasteiger partial charge in [-0.3, -0.25) is 0 Å². The molecule has 0 saturated carbocycles. The molecule has 0 spiro atoms. The van der Waals surface area contributed by atoms with Crippen LogP contribution in [0.5, 0.6) is 0 Å². The predicted molar refractivity (Wildman–Crippen MR) is 242 cm³/mol. The quantitative estimate of drug-likeness (QED) is 0.167. The summed E-state index contributed by atoms with van der Waals surface area (Å²) in [5.74, 6) is 0. The summed E-state index contributed by atoms with van der Waals surface area (Å²) in [7, 11) is 0. The number of hydrogen-bond donors (Lipinski definition) is 0. The largest absolute Gasteiger partial charge is 0.309 e. The maximum atomic E-state index is 2.45. The maximum absolute atomic E-state index is 2.45. The van der Waals surface area contributed by atoms with Crippen molar-refractivity contribution < 1.29 is 0 Å². The standard InChI is InChI=1S/C56H37N/c1-3-14-37(15-4-1)49-35-48(53(41-17-5-2-6-18-41)56-47-26-13-20-40-19-12-25-46(52(40)47)55(49)56)39-30-28-36(29-31-39)42-21-11-22-43(34-42)57-50-27-10-9-24-45(50)54-44-23-8-7-16-38(44)32-33-51(54)57/h1-6,9-35H,7-8H2. The van der Waals surface area contributed by atoms with Crippen LogP contribution >= 0.6 is 0 Å². The van der Waals surface area contributed by atoms with Gasteiger partial charge in [-0.25, -0.2) is 0 Å². The molecule has 1 heteroatoms. The molecule has 1 heterocycles. The van der Waals surface area contributed by atoms with Crippen LogP contribution in [0.2, 0.25) is 0 Å². The van der Waals surface area contributed by atoms with Gasteiger partial charge >= 0.3 is 0 Å². The molecule has 0 atom stereocenters. The number of hydrogen-bond acceptors (Lipinski definition) is 0. The highest BCUT2D eigenvalue weighted by atomic mass is 15.0. The maximum Gasteiger partial charge on any atom is 0.0547 e. The zero-order valence-corrected chi connectivity index (χ0v) is 31.4. The van der Waals surface area contributed by atoms with Gasteiger partial charge in [-0.15, -0.1) is 0 Å². The summed E-state index contributed by atoms with van der Waals surface area (Å²) in [6.45, 7) is 0. The summed E-state index contributed by atoms with van der Waals surface area (Å²) >= 11 is 0. The normalized spacial score (nSPS) is 12.7. The second kappa shape index (κ2) is 12.7. The third kappa shape index (κ3) is 4.89. The Morgan fingerprint density at radius 2 is 0.982 bits per heavy atom. The second-order valence-electron chi connectivity index (χ2n) is 15.5. The number of para-hydroxylation sites is 1. The van der Waals surface area contributed by atoms with Crippen molar-refractivity contribution in [3.05, 3.63) is 198 Å². The molecule has 2 aliphatic carbocycles. The van der Waals surface area contributed by atoms with Gasteiger partial charge in [0.15, 0.2) is 0 Å². The van der Waals surface area contributed by atoms with Gasteiger partial charge in [-0.1, -0.05) is 170 Å². The van der Waals surface area contributed by atoms with E-state index in [1.807, 2.05) is 0 Å². The summed E-state index contributed by atoms with van der Waals surface area (Å²) in [4.78, 5) is 0. The fraction of sp³-hybridized carbons (Fsp3) is 0.0357. The van der Waals surface area contributed by atoms with E-state index >= 15 is 0 Å². The van der Waals surface area contributed by atoms with E-state index in [4.69, 9.17) is 0 Å². The smallest absolute Gasteiger partial charge is 0.0547 e. The minimum Gasteiger partial charge on any atom is -0.309 e. The monoisotopic (exact) mass is 723 g/mol. The molecular formula is C56H37N. The molecule has 0 bridgehead atoms. The Labute approximate surface area is 331 Å². The van der Waals surface area contributed by atoms with Crippen LogP contribution in [-0.4, -0.2) is 4.57 Å². The average Bonchev–Trinajstić information content (AvgIpc) is 3.81. The molecule has 1 nitrogen and oxygen atoms in total. The van der Waals surface area contributed by atoms with Crippen LogP contribution < -0.4 is 10.4 Å². The number of aromatic nitrogens is 1. The van der Waals surface area contributed by atoms with Crippen molar-refractivity contribution >= 4 is 44.7 Å². The predicted octanol–water partition coefficient (Wildman–Crippen LogP) is 13.6. The van der Waals surface area contributed by atoms with Crippen LogP contribution in [0.4, 0.5) is 0 Å². The van der Waals surface area contributed by atoms with Crippen LogP contribution in [0.25, 0.3) is 117 Å². The molecule has 266 valence electrons. The first-order valence-corrected chi connectivity index (χ1v) is 20.1. The van der Waals surface area contributed by atoms with E-state index in [-0.39, 0.29) is 0 Å². The lowest BCUT2D eigenvalue weighted by Gasteiger charge is -2.21. The van der Waals surface area contributed by atoms with Crippen molar-refractivity contribution in [3.8, 4) is 72.4 Å². The van der Waals surface area contributed by atoms with E-state index in [9.17, 15) is 0 Å². The highest BCUT2D eigenvalue weighted by Crippen LogP contribution is 2.57. The molecule has 0 amide bonds. The van der Waals surface area contributed by atoms with Crippen molar-refractivity contribution in [2.45, 2.75) is 12.8 Å². The third-order valence-electron chi connectivity index (χ3n) is 12.3. The lowest BCUT2D eigenvalue weighted by molar-refractivity contribution is 1.12. The van der Waals surface area contributed by atoms with Gasteiger partial charge in [0.05, 0.1) is 11.0 Å². The summed E-state index contributed by atoms with van der Waals surface area (Å²) in [6.07, 6.45) is 7.01. The van der Waals surface area contributed by atoms with E-state index in [1.54, 1.807) is 0 Å². The van der Waals surface area contributed by atoms with Crippen molar-refractivity contribution in [3.63, 3.8) is 0 Å². The Hall–Kier alpha value is -7.22. The molecule has 12 rings (SSSR count). The van der Waals surface area contributed by atoms with E-state index in [0.717, 1.165) is 12.8 Å². The van der Waals surface area contributed by atoms with Gasteiger partial charge in [-0.05, 0) is 131 Å². The van der Waals surface area contributed by atoms with E-state index in [1.165, 1.54) is 115 Å². The second-order valence-corrected chi connectivity index (χ2v) is 15.5. The fourth-order valence-corrected chi connectivity index (χ4v) is 9.88. The lowest BCUT2D eigenvalue weighted by atomic mass is 9.82. The molecule has 0 saturated heterocycles. The van der Waals surface area contributed by atoms with Crippen molar-refractivity contribution in [1.82, 2.24) is 4.57 Å². The molecule has 0 radical (unpaired) electrons. The molecule has 9 aromatic carbocycles. The molecule has 0 fully saturated rings. The van der Waals surface area contributed by atoms with Crippen LogP contribution in [0.1, 0.15) is 12.8 Å². The number of benzene rings is 9. The number of nitrogens with zero attached hydrogens (tertiary/aromatic N) is 1. The summed E-state index contributed by atoms with van der Waals surface area (Å²) in [6, 6.07) is 69.7. The van der Waals surface area contributed by atoms with Gasteiger partial charge in [0, 0.05) is 16.5 Å². The first-order chi connectivity index (χ1) is 28.3. The minimum absolute atomic E-state index is 1.09. The van der Waals surface area contributed by atoms with Crippen LogP contribution in [0.3, 0.4) is 0 Å². The third-order valence-corrected chi connectivity index (χ3v) is 12.3. The van der Waals surface area contributed by atoms with Crippen LogP contribution in [0.15, 0.2) is 188 Å². The van der Waals surface area contributed by atoms with E-state index in [0.29, 0.717) is 0 Å².